The number of likely N-dealkylation sites (tertiary alicyclic amines) is 1. The average molecular weight is 320 g/mol. The number of hydrogen-bond donors (Lipinski definition) is 0. The third kappa shape index (κ3) is 2.54. The standard InChI is InChI=1S/C12H12BrF2NO2/c1-18-8-2-3-16(6-8)12(17)9-4-7(13)5-10(14)11(9)15/h4-5,8H,2-3,6H2,1H3. The Labute approximate surface area is 112 Å². The molecular formula is C12H12BrF2NO2. The van der Waals surface area contributed by atoms with Crippen molar-refractivity contribution in [3.63, 3.8) is 0 Å². The molecule has 1 fully saturated rings. The monoisotopic (exact) mass is 319 g/mol. The number of carbonyl (C=O) groups excluding carboxylic acids is 1. The van der Waals surface area contributed by atoms with E-state index in [1.165, 1.54) is 11.0 Å². The SMILES string of the molecule is COC1CCN(C(=O)c2cc(Br)cc(F)c2F)C1. The van der Waals surface area contributed by atoms with E-state index in [9.17, 15) is 13.6 Å². The van der Waals surface area contributed by atoms with Gasteiger partial charge >= 0.3 is 0 Å². The lowest BCUT2D eigenvalue weighted by atomic mass is 10.2. The minimum Gasteiger partial charge on any atom is -0.380 e. The zero-order chi connectivity index (χ0) is 13.3. The summed E-state index contributed by atoms with van der Waals surface area (Å²) in [5, 5.41) is 0. The van der Waals surface area contributed by atoms with Crippen molar-refractivity contribution >= 4 is 21.8 Å². The smallest absolute Gasteiger partial charge is 0.257 e. The molecule has 1 heterocycles. The number of methoxy groups -OCH3 is 1. The topological polar surface area (TPSA) is 29.5 Å². The van der Waals surface area contributed by atoms with Crippen molar-refractivity contribution in [2.45, 2.75) is 12.5 Å². The highest BCUT2D eigenvalue weighted by Gasteiger charge is 2.29. The van der Waals surface area contributed by atoms with E-state index >= 15 is 0 Å². The maximum absolute atomic E-state index is 13.6. The van der Waals surface area contributed by atoms with Crippen LogP contribution in [0.25, 0.3) is 0 Å². The number of carbonyl (C=O) groups is 1. The Bertz CT molecular complexity index is 481. The van der Waals surface area contributed by atoms with Gasteiger partial charge < -0.3 is 9.64 Å². The largest absolute Gasteiger partial charge is 0.380 e. The molecule has 0 radical (unpaired) electrons. The average Bonchev–Trinajstić information content (AvgIpc) is 2.81. The summed E-state index contributed by atoms with van der Waals surface area (Å²) in [7, 11) is 1.57. The summed E-state index contributed by atoms with van der Waals surface area (Å²) in [6.07, 6.45) is 0.675. The highest BCUT2D eigenvalue weighted by Crippen LogP contribution is 2.22. The van der Waals surface area contributed by atoms with Crippen molar-refractivity contribution in [3.05, 3.63) is 33.8 Å². The van der Waals surface area contributed by atoms with Crippen LogP contribution in [0.5, 0.6) is 0 Å². The fourth-order valence-corrected chi connectivity index (χ4v) is 2.42. The van der Waals surface area contributed by atoms with Crippen molar-refractivity contribution in [1.82, 2.24) is 4.90 Å². The second-order valence-electron chi connectivity index (χ2n) is 4.15. The van der Waals surface area contributed by atoms with Crippen LogP contribution in [0.3, 0.4) is 0 Å². The number of nitrogens with zero attached hydrogens (tertiary/aromatic N) is 1. The molecule has 0 spiro atoms. The summed E-state index contributed by atoms with van der Waals surface area (Å²) in [4.78, 5) is 13.5. The summed E-state index contributed by atoms with van der Waals surface area (Å²) in [5.74, 6) is -2.65. The van der Waals surface area contributed by atoms with Gasteiger partial charge in [0.1, 0.15) is 0 Å². The van der Waals surface area contributed by atoms with Crippen molar-refractivity contribution in [1.29, 1.82) is 0 Å². The summed E-state index contributed by atoms with van der Waals surface area (Å²) < 4.78 is 32.3. The molecule has 98 valence electrons. The van der Waals surface area contributed by atoms with E-state index in [4.69, 9.17) is 4.74 Å². The molecular weight excluding hydrogens is 308 g/mol. The maximum atomic E-state index is 13.6. The van der Waals surface area contributed by atoms with Crippen LogP contribution in [0.1, 0.15) is 16.8 Å². The molecule has 0 bridgehead atoms. The Hall–Kier alpha value is -1.01. The first-order valence-corrected chi connectivity index (χ1v) is 6.29. The zero-order valence-corrected chi connectivity index (χ0v) is 11.3. The molecule has 1 unspecified atom stereocenters. The number of halogens is 3. The molecule has 1 atom stereocenters. The van der Waals surface area contributed by atoms with Crippen molar-refractivity contribution in [2.24, 2.45) is 0 Å². The van der Waals surface area contributed by atoms with Gasteiger partial charge in [0.2, 0.25) is 0 Å². The van der Waals surface area contributed by atoms with Crippen molar-refractivity contribution < 1.29 is 18.3 Å². The summed E-state index contributed by atoms with van der Waals surface area (Å²) >= 11 is 3.05. The van der Waals surface area contributed by atoms with E-state index in [2.05, 4.69) is 15.9 Å². The quantitative estimate of drug-likeness (QED) is 0.784. The van der Waals surface area contributed by atoms with Gasteiger partial charge in [-0.1, -0.05) is 15.9 Å². The second kappa shape index (κ2) is 5.32. The first-order valence-electron chi connectivity index (χ1n) is 5.49. The fourth-order valence-electron chi connectivity index (χ4n) is 1.99. The minimum atomic E-state index is -1.11. The number of benzene rings is 1. The third-order valence-corrected chi connectivity index (χ3v) is 3.45. The Kier molecular flexibility index (Phi) is 3.97. The molecule has 0 N–H and O–H groups in total. The molecule has 0 aliphatic carbocycles. The van der Waals surface area contributed by atoms with Crippen LogP contribution in [0.2, 0.25) is 0 Å². The molecule has 2 rings (SSSR count). The highest BCUT2D eigenvalue weighted by molar-refractivity contribution is 9.10. The Morgan fingerprint density at radius 2 is 2.22 bits per heavy atom. The maximum Gasteiger partial charge on any atom is 0.257 e. The second-order valence-corrected chi connectivity index (χ2v) is 5.06. The van der Waals surface area contributed by atoms with Gasteiger partial charge in [0.05, 0.1) is 11.7 Å². The Morgan fingerprint density at radius 3 is 2.83 bits per heavy atom. The molecule has 1 aromatic carbocycles. The van der Waals surface area contributed by atoms with Gasteiger partial charge in [-0.3, -0.25) is 4.79 Å². The minimum absolute atomic E-state index is 0.0333. The van der Waals surface area contributed by atoms with E-state index in [0.29, 0.717) is 24.0 Å². The molecule has 0 saturated carbocycles. The van der Waals surface area contributed by atoms with Gasteiger partial charge in [-0.05, 0) is 18.6 Å². The van der Waals surface area contributed by atoms with Crippen molar-refractivity contribution in [3.8, 4) is 0 Å². The summed E-state index contributed by atoms with van der Waals surface area (Å²) in [5.41, 5.74) is -0.251. The predicted molar refractivity (Wildman–Crippen MR) is 65.4 cm³/mol. The van der Waals surface area contributed by atoms with Crippen LogP contribution >= 0.6 is 15.9 Å². The van der Waals surface area contributed by atoms with Crippen LogP contribution in [-0.2, 0) is 4.74 Å². The van der Waals surface area contributed by atoms with Crippen LogP contribution < -0.4 is 0 Å². The van der Waals surface area contributed by atoms with Gasteiger partial charge in [-0.2, -0.15) is 0 Å². The van der Waals surface area contributed by atoms with Crippen LogP contribution in [-0.4, -0.2) is 37.1 Å². The van der Waals surface area contributed by atoms with Crippen LogP contribution in [0, 0.1) is 11.6 Å². The van der Waals surface area contributed by atoms with Gasteiger partial charge in [0.25, 0.3) is 5.91 Å². The lowest BCUT2D eigenvalue weighted by Gasteiger charge is -2.16. The lowest BCUT2D eigenvalue weighted by Crippen LogP contribution is -2.30. The van der Waals surface area contributed by atoms with E-state index in [1.807, 2.05) is 0 Å². The van der Waals surface area contributed by atoms with E-state index in [1.54, 1.807) is 7.11 Å². The summed E-state index contributed by atoms with van der Waals surface area (Å²) in [6, 6.07) is 2.29. The molecule has 18 heavy (non-hydrogen) atoms. The first kappa shape index (κ1) is 13.4. The molecule has 1 aromatic rings. The van der Waals surface area contributed by atoms with Gasteiger partial charge in [0, 0.05) is 24.7 Å². The number of amides is 1. The normalized spacial score (nSPS) is 19.3. The number of rotatable bonds is 2. The zero-order valence-electron chi connectivity index (χ0n) is 9.75. The molecule has 1 amide bonds. The van der Waals surface area contributed by atoms with E-state index in [-0.39, 0.29) is 11.7 Å². The highest BCUT2D eigenvalue weighted by atomic mass is 79.9. The van der Waals surface area contributed by atoms with Crippen LogP contribution in [0.4, 0.5) is 8.78 Å². The van der Waals surface area contributed by atoms with Gasteiger partial charge in [0.15, 0.2) is 11.6 Å². The first-order chi connectivity index (χ1) is 8.52. The molecule has 0 aromatic heterocycles. The van der Waals surface area contributed by atoms with Gasteiger partial charge in [-0.25, -0.2) is 8.78 Å². The molecule has 6 heteroatoms. The molecule has 1 aliphatic heterocycles. The van der Waals surface area contributed by atoms with E-state index in [0.717, 1.165) is 6.07 Å². The lowest BCUT2D eigenvalue weighted by molar-refractivity contribution is 0.0719. The third-order valence-electron chi connectivity index (χ3n) is 2.99. The number of ether oxygens (including phenoxy) is 1. The van der Waals surface area contributed by atoms with Crippen LogP contribution in [0.15, 0.2) is 16.6 Å². The molecule has 1 aliphatic rings. The fraction of sp³-hybridized carbons (Fsp3) is 0.417. The number of hydrogen-bond acceptors (Lipinski definition) is 2. The Balaban J connectivity index is 2.24. The van der Waals surface area contributed by atoms with E-state index < -0.39 is 17.5 Å². The summed E-state index contributed by atoms with van der Waals surface area (Å²) in [6.45, 7) is 0.897. The Morgan fingerprint density at radius 1 is 1.50 bits per heavy atom. The predicted octanol–water partition coefficient (Wildman–Crippen LogP) is 2.59. The van der Waals surface area contributed by atoms with Gasteiger partial charge in [-0.15, -0.1) is 0 Å². The van der Waals surface area contributed by atoms with Crippen molar-refractivity contribution in [2.75, 3.05) is 20.2 Å². The molecule has 1 saturated heterocycles. The molecule has 3 nitrogen and oxygen atoms in total.